The van der Waals surface area contributed by atoms with Gasteiger partial charge in [-0.05, 0) is 48.0 Å². The molecule has 0 aliphatic carbocycles. The van der Waals surface area contributed by atoms with Gasteiger partial charge in [-0.2, -0.15) is 0 Å². The number of ether oxygens (including phenoxy) is 3. The number of methoxy groups -OCH3 is 3. The molecule has 1 unspecified atom stereocenters. The van der Waals surface area contributed by atoms with Crippen LogP contribution in [0.1, 0.15) is 17.2 Å². The van der Waals surface area contributed by atoms with Gasteiger partial charge in [0.2, 0.25) is 5.95 Å². The Morgan fingerprint density at radius 3 is 2.32 bits per heavy atom. The number of anilines is 1. The Morgan fingerprint density at radius 2 is 1.65 bits per heavy atom. The molecule has 3 aromatic carbocycles. The Bertz CT molecular complexity index is 1560. The number of halogens is 1. The number of nitrogens with zero attached hydrogens (tertiary/aromatic N) is 2. The number of hydrogen-bond acceptors (Lipinski definition) is 7. The van der Waals surface area contributed by atoms with E-state index in [1.165, 1.54) is 25.2 Å². The SMILES string of the molecule is COc1ccc(C2/C(=C(\O)c3ccc(Cl)c(OC)c3)C(=O)C(=O)N2c2nc3ccc(OC)cc3[nH]2)cc1. The summed E-state index contributed by atoms with van der Waals surface area (Å²) in [6.45, 7) is 0. The van der Waals surface area contributed by atoms with Gasteiger partial charge in [-0.1, -0.05) is 23.7 Å². The molecule has 2 heterocycles. The van der Waals surface area contributed by atoms with E-state index < -0.39 is 17.7 Å². The van der Waals surface area contributed by atoms with E-state index >= 15 is 0 Å². The molecule has 5 rings (SSSR count). The maximum absolute atomic E-state index is 13.4. The van der Waals surface area contributed by atoms with Crippen LogP contribution in [0.2, 0.25) is 5.02 Å². The lowest BCUT2D eigenvalue weighted by Crippen LogP contribution is -2.30. The summed E-state index contributed by atoms with van der Waals surface area (Å²) in [4.78, 5) is 35.7. The number of carbonyl (C=O) groups is 2. The average Bonchev–Trinajstić information content (AvgIpc) is 3.46. The molecule has 1 atom stereocenters. The first kappa shape index (κ1) is 24.2. The highest BCUT2D eigenvalue weighted by Gasteiger charge is 2.48. The molecule has 0 spiro atoms. The van der Waals surface area contributed by atoms with Crippen LogP contribution in [0, 0.1) is 0 Å². The van der Waals surface area contributed by atoms with E-state index in [0.29, 0.717) is 38.9 Å². The molecule has 0 radical (unpaired) electrons. The molecular weight excluding hydrogens is 498 g/mol. The number of amides is 1. The third-order valence-corrected chi connectivity index (χ3v) is 6.52. The van der Waals surface area contributed by atoms with Crippen LogP contribution in [-0.2, 0) is 9.59 Å². The minimum Gasteiger partial charge on any atom is -0.507 e. The summed E-state index contributed by atoms with van der Waals surface area (Å²) >= 11 is 6.14. The number of aliphatic hydroxyl groups excluding tert-OH is 1. The maximum atomic E-state index is 13.4. The molecule has 2 N–H and O–H groups in total. The minimum atomic E-state index is -0.977. The quantitative estimate of drug-likeness (QED) is 0.212. The number of nitrogens with one attached hydrogen (secondary N) is 1. The van der Waals surface area contributed by atoms with Crippen molar-refractivity contribution >= 4 is 46.0 Å². The Hall–Kier alpha value is -4.50. The number of imidazole rings is 1. The first-order chi connectivity index (χ1) is 17.9. The molecule has 1 aromatic heterocycles. The number of carbonyl (C=O) groups excluding carboxylic acids is 2. The van der Waals surface area contributed by atoms with E-state index in [2.05, 4.69) is 9.97 Å². The van der Waals surface area contributed by atoms with Crippen molar-refractivity contribution < 1.29 is 28.9 Å². The molecule has 1 aliphatic heterocycles. The summed E-state index contributed by atoms with van der Waals surface area (Å²) in [7, 11) is 4.53. The van der Waals surface area contributed by atoms with E-state index in [-0.39, 0.29) is 22.8 Å². The van der Waals surface area contributed by atoms with E-state index in [4.69, 9.17) is 25.8 Å². The van der Waals surface area contributed by atoms with E-state index in [9.17, 15) is 14.7 Å². The van der Waals surface area contributed by atoms with Crippen molar-refractivity contribution in [2.75, 3.05) is 26.2 Å². The molecule has 188 valence electrons. The molecular formula is C27H22ClN3O6. The summed E-state index contributed by atoms with van der Waals surface area (Å²) in [6, 6.07) is 15.7. The standard InChI is InChI=1S/C27H22ClN3O6/c1-35-16-7-4-14(5-8-16)23-22(24(32)15-6-10-18(28)21(12-15)37-3)25(33)26(34)31(23)27-29-19-11-9-17(36-2)13-20(19)30-27/h4-13,23,32H,1-3H3,(H,29,30)/b24-22+. The Kier molecular flexibility index (Phi) is 6.22. The zero-order valence-electron chi connectivity index (χ0n) is 20.1. The average molecular weight is 520 g/mol. The fourth-order valence-electron chi connectivity index (χ4n) is 4.33. The number of rotatable bonds is 6. The van der Waals surface area contributed by atoms with Crippen molar-refractivity contribution in [1.82, 2.24) is 9.97 Å². The Morgan fingerprint density at radius 1 is 0.946 bits per heavy atom. The predicted octanol–water partition coefficient (Wildman–Crippen LogP) is 4.87. The van der Waals surface area contributed by atoms with Crippen molar-refractivity contribution in [2.45, 2.75) is 6.04 Å². The lowest BCUT2D eigenvalue weighted by atomic mass is 9.95. The third kappa shape index (κ3) is 4.13. The molecule has 1 amide bonds. The largest absolute Gasteiger partial charge is 0.507 e. The van der Waals surface area contributed by atoms with Gasteiger partial charge in [0.15, 0.2) is 0 Å². The number of aliphatic hydroxyl groups is 1. The highest BCUT2D eigenvalue weighted by Crippen LogP contribution is 2.42. The second-order valence-corrected chi connectivity index (χ2v) is 8.64. The van der Waals surface area contributed by atoms with Gasteiger partial charge in [0.1, 0.15) is 23.0 Å². The van der Waals surface area contributed by atoms with E-state index in [1.807, 2.05) is 0 Å². The summed E-state index contributed by atoms with van der Waals surface area (Å²) in [5.74, 6) is -0.396. The number of hydrogen-bond donors (Lipinski definition) is 2. The third-order valence-electron chi connectivity index (χ3n) is 6.21. The van der Waals surface area contributed by atoms with Gasteiger partial charge in [-0.25, -0.2) is 4.98 Å². The van der Waals surface area contributed by atoms with E-state index in [0.717, 1.165) is 0 Å². The van der Waals surface area contributed by atoms with Crippen LogP contribution in [0.3, 0.4) is 0 Å². The lowest BCUT2D eigenvalue weighted by Gasteiger charge is -2.23. The second kappa shape index (κ2) is 9.51. The highest BCUT2D eigenvalue weighted by molar-refractivity contribution is 6.51. The van der Waals surface area contributed by atoms with Crippen molar-refractivity contribution in [1.29, 1.82) is 0 Å². The molecule has 1 aliphatic rings. The monoisotopic (exact) mass is 519 g/mol. The minimum absolute atomic E-state index is 0.0995. The van der Waals surface area contributed by atoms with Gasteiger partial charge in [-0.3, -0.25) is 14.5 Å². The fraction of sp³-hybridized carbons (Fsp3) is 0.148. The molecule has 1 fully saturated rings. The molecule has 37 heavy (non-hydrogen) atoms. The molecule has 0 bridgehead atoms. The smallest absolute Gasteiger partial charge is 0.302 e. The van der Waals surface area contributed by atoms with Crippen molar-refractivity contribution in [3.05, 3.63) is 82.4 Å². The van der Waals surface area contributed by atoms with Gasteiger partial charge in [0, 0.05) is 11.6 Å². The first-order valence-electron chi connectivity index (χ1n) is 11.2. The van der Waals surface area contributed by atoms with Crippen molar-refractivity contribution in [2.24, 2.45) is 0 Å². The Labute approximate surface area is 216 Å². The van der Waals surface area contributed by atoms with Crippen LogP contribution < -0.4 is 19.1 Å². The molecule has 0 saturated carbocycles. The second-order valence-electron chi connectivity index (χ2n) is 8.24. The lowest BCUT2D eigenvalue weighted by molar-refractivity contribution is -0.132. The topological polar surface area (TPSA) is 114 Å². The summed E-state index contributed by atoms with van der Waals surface area (Å²) in [6.07, 6.45) is 0. The van der Waals surface area contributed by atoms with Crippen molar-refractivity contribution in [3.8, 4) is 17.2 Å². The van der Waals surface area contributed by atoms with Gasteiger partial charge in [0.05, 0.1) is 49.0 Å². The van der Waals surface area contributed by atoms with Crippen molar-refractivity contribution in [3.63, 3.8) is 0 Å². The molecule has 9 nitrogen and oxygen atoms in total. The fourth-order valence-corrected chi connectivity index (χ4v) is 4.53. The molecule has 10 heteroatoms. The number of aromatic nitrogens is 2. The zero-order valence-corrected chi connectivity index (χ0v) is 20.9. The van der Waals surface area contributed by atoms with Crippen LogP contribution in [-0.4, -0.2) is 48.1 Å². The van der Waals surface area contributed by atoms with E-state index in [1.54, 1.807) is 61.7 Å². The van der Waals surface area contributed by atoms with Crippen LogP contribution >= 0.6 is 11.6 Å². The highest BCUT2D eigenvalue weighted by atomic mass is 35.5. The normalized spacial score (nSPS) is 16.9. The Balaban J connectivity index is 1.71. The maximum Gasteiger partial charge on any atom is 0.302 e. The summed E-state index contributed by atoms with van der Waals surface area (Å²) in [5.41, 5.74) is 1.94. The molecule has 4 aromatic rings. The van der Waals surface area contributed by atoms with Gasteiger partial charge < -0.3 is 24.3 Å². The zero-order chi connectivity index (χ0) is 26.3. The van der Waals surface area contributed by atoms with Crippen LogP contribution in [0.15, 0.2) is 66.2 Å². The van der Waals surface area contributed by atoms with Crippen LogP contribution in [0.4, 0.5) is 5.95 Å². The number of aromatic amines is 1. The van der Waals surface area contributed by atoms with Gasteiger partial charge >= 0.3 is 5.91 Å². The first-order valence-corrected chi connectivity index (χ1v) is 11.6. The summed E-state index contributed by atoms with van der Waals surface area (Å²) in [5, 5.41) is 11.7. The number of H-pyrrole nitrogens is 1. The number of ketones is 1. The van der Waals surface area contributed by atoms with Gasteiger partial charge in [-0.15, -0.1) is 0 Å². The summed E-state index contributed by atoms with van der Waals surface area (Å²) < 4.78 is 15.8. The van der Waals surface area contributed by atoms with Crippen LogP contribution in [0.25, 0.3) is 16.8 Å². The number of benzene rings is 3. The molecule has 1 saturated heterocycles. The van der Waals surface area contributed by atoms with Crippen LogP contribution in [0.5, 0.6) is 17.2 Å². The van der Waals surface area contributed by atoms with Gasteiger partial charge in [0.25, 0.3) is 5.78 Å². The number of Topliss-reactive ketones (excluding diaryl/α,β-unsaturated/α-hetero) is 1. The number of fused-ring (bicyclic) bond motifs is 1. The predicted molar refractivity (Wildman–Crippen MR) is 138 cm³/mol.